The summed E-state index contributed by atoms with van der Waals surface area (Å²) in [4.78, 5) is 4.74. The second-order valence-corrected chi connectivity index (χ2v) is 9.27. The van der Waals surface area contributed by atoms with Gasteiger partial charge in [0.25, 0.3) is 0 Å². The van der Waals surface area contributed by atoms with Gasteiger partial charge in [0, 0.05) is 31.3 Å². The van der Waals surface area contributed by atoms with Crippen molar-refractivity contribution < 1.29 is 0 Å². The number of hydrogen-bond donors (Lipinski definition) is 0. The molecule has 3 nitrogen and oxygen atoms in total. The summed E-state index contributed by atoms with van der Waals surface area (Å²) in [5.74, 6) is 0. The summed E-state index contributed by atoms with van der Waals surface area (Å²) in [5, 5.41) is 0. The van der Waals surface area contributed by atoms with Gasteiger partial charge in [-0.1, -0.05) is 56.2 Å². The molecule has 0 saturated heterocycles. The van der Waals surface area contributed by atoms with Crippen LogP contribution in [-0.4, -0.2) is 34.1 Å². The van der Waals surface area contributed by atoms with Crippen LogP contribution in [0.3, 0.4) is 0 Å². The molecule has 0 amide bonds. The topological polar surface area (TPSA) is 18.8 Å². The predicted molar refractivity (Wildman–Crippen MR) is 115 cm³/mol. The third kappa shape index (κ3) is 5.50. The first-order valence-electron chi connectivity index (χ1n) is 10.4. The van der Waals surface area contributed by atoms with Crippen LogP contribution in [0.4, 0.5) is 5.69 Å². The molecule has 144 valence electrons. The molecule has 1 aromatic carbocycles. The van der Waals surface area contributed by atoms with Crippen LogP contribution in [0.5, 0.6) is 0 Å². The van der Waals surface area contributed by atoms with Crippen LogP contribution in [-0.2, 0) is 0 Å². The van der Waals surface area contributed by atoms with Gasteiger partial charge in [-0.15, -0.1) is 0 Å². The molecule has 0 N–H and O–H groups in total. The number of rotatable bonds is 6. The van der Waals surface area contributed by atoms with E-state index in [2.05, 4.69) is 47.7 Å². The first kappa shape index (κ1) is 19.8. The molecule has 0 atom stereocenters. The minimum Gasteiger partial charge on any atom is -0.297 e. The highest BCUT2D eigenvalue weighted by Gasteiger charge is 2.30. The van der Waals surface area contributed by atoms with Crippen molar-refractivity contribution >= 4 is 24.2 Å². The lowest BCUT2D eigenvalue weighted by molar-refractivity contribution is 0.182. The lowest BCUT2D eigenvalue weighted by atomic mass is 9.91. The Morgan fingerprint density at radius 1 is 0.923 bits per heavy atom. The van der Waals surface area contributed by atoms with Crippen LogP contribution in [0.15, 0.2) is 23.2 Å². The lowest BCUT2D eigenvalue weighted by Gasteiger charge is -2.41. The summed E-state index contributed by atoms with van der Waals surface area (Å²) in [5.41, 5.74) is 3.62. The summed E-state index contributed by atoms with van der Waals surface area (Å²) >= 11 is 1.90. The fourth-order valence-electron chi connectivity index (χ4n) is 4.37. The van der Waals surface area contributed by atoms with Gasteiger partial charge in [-0.2, -0.15) is 0 Å². The molecule has 0 aliphatic heterocycles. The molecule has 0 heterocycles. The largest absolute Gasteiger partial charge is 0.297 e. The van der Waals surface area contributed by atoms with Crippen molar-refractivity contribution in [2.75, 3.05) is 7.05 Å². The van der Waals surface area contributed by atoms with Gasteiger partial charge >= 0.3 is 0 Å². The maximum absolute atomic E-state index is 4.74. The number of aryl methyl sites for hydroxylation is 2. The molecule has 2 fully saturated rings. The average molecular weight is 374 g/mol. The van der Waals surface area contributed by atoms with E-state index in [0.29, 0.717) is 0 Å². The van der Waals surface area contributed by atoms with E-state index in [1.807, 2.05) is 18.5 Å². The number of nitrogens with zero attached hydrogens (tertiary/aromatic N) is 3. The zero-order chi connectivity index (χ0) is 18.4. The maximum atomic E-state index is 4.74. The normalized spacial score (nSPS) is 20.2. The van der Waals surface area contributed by atoms with Crippen LogP contribution in [0.1, 0.15) is 75.3 Å². The van der Waals surface area contributed by atoms with Gasteiger partial charge in [0.05, 0.1) is 5.69 Å². The van der Waals surface area contributed by atoms with Gasteiger partial charge < -0.3 is 0 Å². The second-order valence-electron chi connectivity index (χ2n) is 8.11. The van der Waals surface area contributed by atoms with Crippen molar-refractivity contribution in [3.63, 3.8) is 0 Å². The van der Waals surface area contributed by atoms with E-state index in [1.165, 1.54) is 75.3 Å². The first-order valence-corrected chi connectivity index (χ1v) is 11.2. The molecule has 0 aromatic heterocycles. The minimum absolute atomic E-state index is 0.744. The summed E-state index contributed by atoms with van der Waals surface area (Å²) in [6.07, 6.45) is 15.9. The molecule has 2 saturated carbocycles. The van der Waals surface area contributed by atoms with Gasteiger partial charge in [-0.05, 0) is 51.2 Å². The van der Waals surface area contributed by atoms with Gasteiger partial charge in [-0.3, -0.25) is 4.31 Å². The Morgan fingerprint density at radius 3 is 2.04 bits per heavy atom. The molecule has 26 heavy (non-hydrogen) atoms. The van der Waals surface area contributed by atoms with Crippen molar-refractivity contribution in [2.45, 2.75) is 90.1 Å². The van der Waals surface area contributed by atoms with Crippen molar-refractivity contribution in [2.24, 2.45) is 4.99 Å². The Kier molecular flexibility index (Phi) is 7.44. The second kappa shape index (κ2) is 9.80. The van der Waals surface area contributed by atoms with E-state index in [9.17, 15) is 0 Å². The summed E-state index contributed by atoms with van der Waals surface area (Å²) in [6, 6.07) is 7.96. The molecule has 4 heteroatoms. The maximum Gasteiger partial charge on any atom is 0.102 e. The Labute approximate surface area is 164 Å². The van der Waals surface area contributed by atoms with Crippen molar-refractivity contribution in [1.29, 1.82) is 0 Å². The van der Waals surface area contributed by atoms with E-state index in [1.54, 1.807) is 0 Å². The van der Waals surface area contributed by atoms with Gasteiger partial charge in [0.1, 0.15) is 6.34 Å². The van der Waals surface area contributed by atoms with Crippen molar-refractivity contribution in [3.8, 4) is 0 Å². The standard InChI is InChI=1S/C22H35N3S/c1-18-14-15-22(19(2)16-18)23-17-24(3)26-25(20-10-6-4-7-11-20)21-12-8-5-9-13-21/h14-17,20-21H,4-13H2,1-3H3. The minimum atomic E-state index is 0.744. The summed E-state index contributed by atoms with van der Waals surface area (Å²) in [7, 11) is 2.15. The number of benzene rings is 1. The Balaban J connectivity index is 1.65. The van der Waals surface area contributed by atoms with E-state index in [0.717, 1.165) is 17.8 Å². The molecule has 0 spiro atoms. The molecule has 0 bridgehead atoms. The molecule has 2 aliphatic carbocycles. The quantitative estimate of drug-likeness (QED) is 0.325. The Hall–Kier alpha value is -1.00. The van der Waals surface area contributed by atoms with Crippen molar-refractivity contribution in [1.82, 2.24) is 8.61 Å². The SMILES string of the molecule is Cc1ccc(N=CN(C)SN(C2CCCCC2)C2CCCCC2)c(C)c1. The molecular weight excluding hydrogens is 338 g/mol. The highest BCUT2D eigenvalue weighted by molar-refractivity contribution is 7.95. The van der Waals surface area contributed by atoms with Crippen LogP contribution < -0.4 is 0 Å². The first-order chi connectivity index (χ1) is 12.6. The number of hydrogen-bond acceptors (Lipinski definition) is 3. The van der Waals surface area contributed by atoms with Crippen LogP contribution in [0.2, 0.25) is 0 Å². The van der Waals surface area contributed by atoms with Crippen molar-refractivity contribution in [3.05, 3.63) is 29.3 Å². The molecule has 0 unspecified atom stereocenters. The van der Waals surface area contributed by atoms with Gasteiger partial charge in [0.2, 0.25) is 0 Å². The predicted octanol–water partition coefficient (Wildman–Crippen LogP) is 6.43. The highest BCUT2D eigenvalue weighted by atomic mass is 32.2. The number of aliphatic imine (C=N–C) groups is 1. The smallest absolute Gasteiger partial charge is 0.102 e. The molecule has 0 radical (unpaired) electrons. The Morgan fingerprint density at radius 2 is 1.50 bits per heavy atom. The zero-order valence-electron chi connectivity index (χ0n) is 16.8. The van der Waals surface area contributed by atoms with Crippen LogP contribution in [0, 0.1) is 13.8 Å². The van der Waals surface area contributed by atoms with Crippen LogP contribution in [0.25, 0.3) is 0 Å². The molecule has 2 aliphatic rings. The average Bonchev–Trinajstić information content (AvgIpc) is 2.67. The van der Waals surface area contributed by atoms with Gasteiger partial charge in [0.15, 0.2) is 0 Å². The molecule has 1 aromatic rings. The van der Waals surface area contributed by atoms with Crippen LogP contribution >= 0.6 is 12.1 Å². The van der Waals surface area contributed by atoms with E-state index in [4.69, 9.17) is 4.99 Å². The summed E-state index contributed by atoms with van der Waals surface area (Å²) < 4.78 is 4.95. The third-order valence-electron chi connectivity index (χ3n) is 5.80. The molecular formula is C22H35N3S. The Bertz CT molecular complexity index is 571. The monoisotopic (exact) mass is 373 g/mol. The fraction of sp³-hybridized carbons (Fsp3) is 0.682. The van der Waals surface area contributed by atoms with E-state index < -0.39 is 0 Å². The van der Waals surface area contributed by atoms with E-state index in [-0.39, 0.29) is 0 Å². The summed E-state index contributed by atoms with van der Waals surface area (Å²) in [6.45, 7) is 4.28. The van der Waals surface area contributed by atoms with Gasteiger partial charge in [-0.25, -0.2) is 9.30 Å². The highest BCUT2D eigenvalue weighted by Crippen LogP contribution is 2.35. The molecule has 3 rings (SSSR count). The fourth-order valence-corrected chi connectivity index (χ4v) is 5.44. The zero-order valence-corrected chi connectivity index (χ0v) is 17.6. The third-order valence-corrected chi connectivity index (χ3v) is 6.94. The van der Waals surface area contributed by atoms with E-state index >= 15 is 0 Å². The lowest BCUT2D eigenvalue weighted by Crippen LogP contribution is -2.42.